The number of benzene rings is 3. The molecule has 0 spiro atoms. The minimum absolute atomic E-state index is 0.726. The fourth-order valence-corrected chi connectivity index (χ4v) is 4.03. The van der Waals surface area contributed by atoms with Gasteiger partial charge < -0.3 is 4.40 Å². The average molecular weight is 423 g/mol. The zero-order valence-corrected chi connectivity index (χ0v) is 18.4. The maximum Gasteiger partial charge on any atom is 0.0950 e. The maximum atomic E-state index is 6.12. The lowest BCUT2D eigenvalue weighted by atomic mass is 10.1. The first kappa shape index (κ1) is 19.6. The van der Waals surface area contributed by atoms with E-state index in [2.05, 4.69) is 85.1 Å². The molecule has 0 radical (unpaired) electrons. The van der Waals surface area contributed by atoms with Crippen molar-refractivity contribution in [1.29, 1.82) is 0 Å². The Balaban J connectivity index is 1.69. The van der Waals surface area contributed by atoms with E-state index in [4.69, 9.17) is 16.6 Å². The monoisotopic (exact) mass is 422 g/mol. The second-order valence-corrected chi connectivity index (χ2v) is 8.53. The van der Waals surface area contributed by atoms with Crippen molar-refractivity contribution in [3.8, 4) is 22.5 Å². The van der Waals surface area contributed by atoms with E-state index in [9.17, 15) is 0 Å². The summed E-state index contributed by atoms with van der Waals surface area (Å²) in [5.41, 5.74) is 10.3. The highest BCUT2D eigenvalue weighted by molar-refractivity contribution is 6.30. The molecule has 0 aliphatic heterocycles. The van der Waals surface area contributed by atoms with E-state index in [1.165, 1.54) is 22.4 Å². The van der Waals surface area contributed by atoms with E-state index in [0.29, 0.717) is 0 Å². The van der Waals surface area contributed by atoms with Crippen molar-refractivity contribution >= 4 is 17.1 Å². The molecule has 2 aromatic heterocycles. The van der Waals surface area contributed by atoms with E-state index in [1.807, 2.05) is 24.3 Å². The summed E-state index contributed by atoms with van der Waals surface area (Å²) in [4.78, 5) is 5.07. The van der Waals surface area contributed by atoms with Crippen LogP contribution in [0.5, 0.6) is 0 Å². The first-order valence-corrected chi connectivity index (χ1v) is 10.8. The standard InChI is InChI=1S/C28H23ClN2/c1-19-3-7-21(8-4-19)17-25-15-16-27-28(23-9-5-20(2)6-10-23)30-26(18-31(25)27)22-11-13-24(29)14-12-22/h3-16,18H,17H2,1-2H3. The molecule has 3 heteroatoms. The molecule has 5 rings (SSSR count). The van der Waals surface area contributed by atoms with Crippen molar-refractivity contribution < 1.29 is 0 Å². The smallest absolute Gasteiger partial charge is 0.0950 e. The minimum Gasteiger partial charge on any atom is -0.316 e. The molecule has 0 amide bonds. The summed E-state index contributed by atoms with van der Waals surface area (Å²) in [6.45, 7) is 4.22. The lowest BCUT2D eigenvalue weighted by Crippen LogP contribution is -2.00. The van der Waals surface area contributed by atoms with Crippen molar-refractivity contribution in [2.75, 3.05) is 0 Å². The van der Waals surface area contributed by atoms with Crippen molar-refractivity contribution in [1.82, 2.24) is 9.38 Å². The van der Waals surface area contributed by atoms with Crippen molar-refractivity contribution in [2.45, 2.75) is 20.3 Å². The Labute approximate surface area is 187 Å². The fraction of sp³-hybridized carbons (Fsp3) is 0.107. The van der Waals surface area contributed by atoms with Crippen LogP contribution in [0.15, 0.2) is 91.1 Å². The molecule has 0 bridgehead atoms. The molecule has 0 N–H and O–H groups in total. The second-order valence-electron chi connectivity index (χ2n) is 8.09. The van der Waals surface area contributed by atoms with Crippen LogP contribution < -0.4 is 0 Å². The summed E-state index contributed by atoms with van der Waals surface area (Å²) in [6, 6.07) is 29.6. The Morgan fingerprint density at radius 2 is 1.32 bits per heavy atom. The van der Waals surface area contributed by atoms with Gasteiger partial charge >= 0.3 is 0 Å². The molecule has 5 aromatic rings. The Hall–Kier alpha value is -3.36. The third-order valence-corrected chi connectivity index (χ3v) is 5.95. The molecule has 0 aliphatic carbocycles. The van der Waals surface area contributed by atoms with Gasteiger partial charge in [-0.05, 0) is 43.7 Å². The first-order valence-electron chi connectivity index (χ1n) is 10.5. The highest BCUT2D eigenvalue weighted by Crippen LogP contribution is 2.30. The molecule has 2 nitrogen and oxygen atoms in total. The molecule has 0 fully saturated rings. The lowest BCUT2D eigenvalue weighted by Gasteiger charge is -2.12. The Morgan fingerprint density at radius 3 is 2.00 bits per heavy atom. The fourth-order valence-electron chi connectivity index (χ4n) is 3.91. The molecule has 31 heavy (non-hydrogen) atoms. The molecule has 2 heterocycles. The van der Waals surface area contributed by atoms with Gasteiger partial charge in [0, 0.05) is 34.5 Å². The molecule has 152 valence electrons. The SMILES string of the molecule is Cc1ccc(Cc2ccc3c(-c4ccc(C)cc4)nc(-c4ccc(Cl)cc4)cn23)cc1. The molecule has 0 saturated carbocycles. The molecular weight excluding hydrogens is 400 g/mol. The van der Waals surface area contributed by atoms with Crippen LogP contribution in [0.2, 0.25) is 5.02 Å². The molecule has 0 atom stereocenters. The molecular formula is C28H23ClN2. The van der Waals surface area contributed by atoms with Crippen LogP contribution in [0.4, 0.5) is 0 Å². The quantitative estimate of drug-likeness (QED) is 0.292. The lowest BCUT2D eigenvalue weighted by molar-refractivity contribution is 1.01. The molecule has 0 aliphatic rings. The number of hydrogen-bond acceptors (Lipinski definition) is 1. The Bertz CT molecular complexity index is 1350. The van der Waals surface area contributed by atoms with Gasteiger partial charge in [0.25, 0.3) is 0 Å². The largest absolute Gasteiger partial charge is 0.316 e. The predicted molar refractivity (Wildman–Crippen MR) is 130 cm³/mol. The Kier molecular flexibility index (Phi) is 5.09. The number of aryl methyl sites for hydroxylation is 2. The number of nitrogens with zero attached hydrogens (tertiary/aromatic N) is 2. The van der Waals surface area contributed by atoms with Crippen LogP contribution in [0.1, 0.15) is 22.4 Å². The van der Waals surface area contributed by atoms with E-state index in [1.54, 1.807) is 0 Å². The summed E-state index contributed by atoms with van der Waals surface area (Å²) >= 11 is 6.12. The summed E-state index contributed by atoms with van der Waals surface area (Å²) < 4.78 is 2.28. The minimum atomic E-state index is 0.726. The van der Waals surface area contributed by atoms with Gasteiger partial charge in [-0.15, -0.1) is 0 Å². The van der Waals surface area contributed by atoms with Gasteiger partial charge in [0.2, 0.25) is 0 Å². The molecule has 0 unspecified atom stereocenters. The van der Waals surface area contributed by atoms with Gasteiger partial charge in [-0.3, -0.25) is 0 Å². The summed E-state index contributed by atoms with van der Waals surface area (Å²) in [7, 11) is 0. The average Bonchev–Trinajstić information content (AvgIpc) is 3.18. The number of hydrogen-bond donors (Lipinski definition) is 0. The van der Waals surface area contributed by atoms with E-state index < -0.39 is 0 Å². The zero-order valence-electron chi connectivity index (χ0n) is 17.6. The van der Waals surface area contributed by atoms with Gasteiger partial charge in [-0.1, -0.05) is 83.4 Å². The summed E-state index contributed by atoms with van der Waals surface area (Å²) in [5, 5.41) is 0.726. The van der Waals surface area contributed by atoms with E-state index >= 15 is 0 Å². The Morgan fingerprint density at radius 1 is 0.710 bits per heavy atom. The van der Waals surface area contributed by atoms with Crippen molar-refractivity contribution in [3.63, 3.8) is 0 Å². The van der Waals surface area contributed by atoms with Crippen molar-refractivity contribution in [3.05, 3.63) is 119 Å². The van der Waals surface area contributed by atoms with Crippen LogP contribution >= 0.6 is 11.6 Å². The molecule has 0 saturated heterocycles. The number of aromatic nitrogens is 2. The summed E-state index contributed by atoms with van der Waals surface area (Å²) in [5.74, 6) is 0. The van der Waals surface area contributed by atoms with Crippen LogP contribution in [0.25, 0.3) is 28.0 Å². The van der Waals surface area contributed by atoms with Crippen molar-refractivity contribution in [2.24, 2.45) is 0 Å². The highest BCUT2D eigenvalue weighted by atomic mass is 35.5. The zero-order chi connectivity index (χ0) is 21.4. The van der Waals surface area contributed by atoms with Gasteiger partial charge in [-0.2, -0.15) is 0 Å². The highest BCUT2D eigenvalue weighted by Gasteiger charge is 2.13. The normalized spacial score (nSPS) is 11.2. The second kappa shape index (κ2) is 8.05. The van der Waals surface area contributed by atoms with Crippen LogP contribution in [-0.4, -0.2) is 9.38 Å². The van der Waals surface area contributed by atoms with Gasteiger partial charge in [0.05, 0.1) is 16.9 Å². The van der Waals surface area contributed by atoms with Gasteiger partial charge in [0.1, 0.15) is 0 Å². The third-order valence-electron chi connectivity index (χ3n) is 5.70. The van der Waals surface area contributed by atoms with Gasteiger partial charge in [0.15, 0.2) is 0 Å². The van der Waals surface area contributed by atoms with Gasteiger partial charge in [-0.25, -0.2) is 4.98 Å². The molecule has 3 aromatic carbocycles. The number of fused-ring (bicyclic) bond motifs is 1. The first-order chi connectivity index (χ1) is 15.1. The van der Waals surface area contributed by atoms with E-state index in [0.717, 1.165) is 39.5 Å². The number of halogens is 1. The third kappa shape index (κ3) is 3.99. The van der Waals surface area contributed by atoms with E-state index in [-0.39, 0.29) is 0 Å². The maximum absolute atomic E-state index is 6.12. The van der Waals surface area contributed by atoms with Crippen LogP contribution in [0, 0.1) is 13.8 Å². The topological polar surface area (TPSA) is 17.3 Å². The van der Waals surface area contributed by atoms with Crippen LogP contribution in [-0.2, 0) is 6.42 Å². The van der Waals surface area contributed by atoms with Crippen LogP contribution in [0.3, 0.4) is 0 Å². The predicted octanol–water partition coefficient (Wildman–Crippen LogP) is 7.53. The number of rotatable bonds is 4. The summed E-state index contributed by atoms with van der Waals surface area (Å²) in [6.07, 6.45) is 3.01.